The Bertz CT molecular complexity index is 617. The van der Waals surface area contributed by atoms with E-state index in [-0.39, 0.29) is 11.7 Å². The minimum atomic E-state index is -0.400. The predicted molar refractivity (Wildman–Crippen MR) is 53.9 cm³/mol. The molecule has 0 saturated heterocycles. The molecule has 0 unspecified atom stereocenters. The average molecular weight is 206 g/mol. The molecule has 78 valence electrons. The Morgan fingerprint density at radius 1 is 1.40 bits per heavy atom. The molecule has 1 aliphatic carbocycles. The van der Waals surface area contributed by atoms with Crippen molar-refractivity contribution >= 4 is 11.2 Å². The van der Waals surface area contributed by atoms with Gasteiger partial charge in [0.15, 0.2) is 5.65 Å². The molecule has 1 saturated carbocycles. The van der Waals surface area contributed by atoms with Gasteiger partial charge in [0.2, 0.25) is 0 Å². The Labute approximate surface area is 84.0 Å². The predicted octanol–water partition coefficient (Wildman–Crippen LogP) is 0.138. The Kier molecular flexibility index (Phi) is 1.59. The van der Waals surface area contributed by atoms with Crippen molar-refractivity contribution in [2.45, 2.75) is 25.3 Å². The van der Waals surface area contributed by atoms with Crippen molar-refractivity contribution in [1.82, 2.24) is 19.5 Å². The topological polar surface area (TPSA) is 83.5 Å². The minimum absolute atomic E-state index is 0.195. The van der Waals surface area contributed by atoms with Gasteiger partial charge in [0.05, 0.1) is 6.33 Å². The molecule has 0 bridgehead atoms. The van der Waals surface area contributed by atoms with Crippen LogP contribution in [-0.4, -0.2) is 19.5 Å². The standard InChI is InChI=1S/C9H10N4O2/c14-8-6-7(11-4-10-6)13(9(15)12-8)5-2-1-3-5/h4-5H,1-3H2,(H,10,11)(H,12,14,15). The van der Waals surface area contributed by atoms with Gasteiger partial charge in [-0.05, 0) is 19.3 Å². The molecule has 6 heteroatoms. The zero-order valence-electron chi connectivity index (χ0n) is 7.99. The van der Waals surface area contributed by atoms with Crippen molar-refractivity contribution < 1.29 is 0 Å². The first-order valence-corrected chi connectivity index (χ1v) is 4.95. The number of aromatic amines is 2. The highest BCUT2D eigenvalue weighted by atomic mass is 16.2. The highest BCUT2D eigenvalue weighted by molar-refractivity contribution is 5.68. The van der Waals surface area contributed by atoms with Crippen molar-refractivity contribution in [2.24, 2.45) is 0 Å². The third-order valence-corrected chi connectivity index (χ3v) is 2.95. The van der Waals surface area contributed by atoms with Crippen LogP contribution < -0.4 is 11.2 Å². The summed E-state index contributed by atoms with van der Waals surface area (Å²) in [6, 6.07) is 0.195. The number of fused-ring (bicyclic) bond motifs is 1. The molecule has 2 aromatic heterocycles. The van der Waals surface area contributed by atoms with Crippen molar-refractivity contribution in [3.63, 3.8) is 0 Å². The van der Waals surface area contributed by atoms with Gasteiger partial charge in [-0.1, -0.05) is 0 Å². The second-order valence-electron chi connectivity index (χ2n) is 3.82. The number of imidazole rings is 1. The fraction of sp³-hybridized carbons (Fsp3) is 0.444. The zero-order chi connectivity index (χ0) is 10.4. The van der Waals surface area contributed by atoms with Gasteiger partial charge in [-0.2, -0.15) is 0 Å². The Hall–Kier alpha value is -1.85. The van der Waals surface area contributed by atoms with E-state index < -0.39 is 5.56 Å². The van der Waals surface area contributed by atoms with E-state index in [0.717, 1.165) is 19.3 Å². The van der Waals surface area contributed by atoms with Crippen LogP contribution in [0.3, 0.4) is 0 Å². The number of H-pyrrole nitrogens is 2. The zero-order valence-corrected chi connectivity index (χ0v) is 7.99. The lowest BCUT2D eigenvalue weighted by atomic mass is 9.93. The maximum absolute atomic E-state index is 11.6. The van der Waals surface area contributed by atoms with Crippen LogP contribution in [0.5, 0.6) is 0 Å². The van der Waals surface area contributed by atoms with E-state index in [1.807, 2.05) is 0 Å². The van der Waals surface area contributed by atoms with E-state index in [9.17, 15) is 9.59 Å². The first-order chi connectivity index (χ1) is 7.27. The summed E-state index contributed by atoms with van der Waals surface area (Å²) in [4.78, 5) is 32.1. The van der Waals surface area contributed by atoms with Crippen LogP contribution in [0, 0.1) is 0 Å². The first kappa shape index (κ1) is 8.46. The molecule has 0 aromatic carbocycles. The van der Waals surface area contributed by atoms with E-state index in [2.05, 4.69) is 15.0 Å². The van der Waals surface area contributed by atoms with Gasteiger partial charge in [0.25, 0.3) is 5.56 Å². The van der Waals surface area contributed by atoms with Crippen molar-refractivity contribution in [1.29, 1.82) is 0 Å². The molecule has 2 aromatic rings. The molecule has 15 heavy (non-hydrogen) atoms. The smallest absolute Gasteiger partial charge is 0.330 e. The maximum Gasteiger partial charge on any atom is 0.330 e. The summed E-state index contributed by atoms with van der Waals surface area (Å²) >= 11 is 0. The van der Waals surface area contributed by atoms with Gasteiger partial charge in [-0.25, -0.2) is 9.78 Å². The number of hydrogen-bond acceptors (Lipinski definition) is 3. The normalized spacial score (nSPS) is 16.8. The second-order valence-corrected chi connectivity index (χ2v) is 3.82. The van der Waals surface area contributed by atoms with E-state index in [0.29, 0.717) is 11.2 Å². The number of rotatable bonds is 1. The largest absolute Gasteiger partial charge is 0.339 e. The summed E-state index contributed by atoms with van der Waals surface area (Å²) in [5.41, 5.74) is 0.0855. The first-order valence-electron chi connectivity index (χ1n) is 4.95. The molecule has 6 nitrogen and oxygen atoms in total. The van der Waals surface area contributed by atoms with Crippen LogP contribution in [0.15, 0.2) is 15.9 Å². The molecule has 1 fully saturated rings. The van der Waals surface area contributed by atoms with Gasteiger partial charge < -0.3 is 4.98 Å². The Balaban J connectivity index is 2.40. The maximum atomic E-state index is 11.6. The van der Waals surface area contributed by atoms with Crippen LogP contribution in [0.2, 0.25) is 0 Å². The third kappa shape index (κ3) is 1.07. The summed E-state index contributed by atoms with van der Waals surface area (Å²) in [7, 11) is 0. The molecule has 0 amide bonds. The number of hydrogen-bond donors (Lipinski definition) is 2. The van der Waals surface area contributed by atoms with E-state index >= 15 is 0 Å². The third-order valence-electron chi connectivity index (χ3n) is 2.95. The van der Waals surface area contributed by atoms with Crippen LogP contribution in [0.25, 0.3) is 11.2 Å². The summed E-state index contributed by atoms with van der Waals surface area (Å²) in [6.07, 6.45) is 4.53. The lowest BCUT2D eigenvalue weighted by molar-refractivity contribution is 0.310. The number of nitrogens with one attached hydrogen (secondary N) is 2. The highest BCUT2D eigenvalue weighted by Crippen LogP contribution is 2.31. The van der Waals surface area contributed by atoms with E-state index in [1.165, 1.54) is 6.33 Å². The molecule has 0 radical (unpaired) electrons. The molecule has 0 spiro atoms. The van der Waals surface area contributed by atoms with Gasteiger partial charge in [-0.15, -0.1) is 0 Å². The molecule has 3 rings (SSSR count). The van der Waals surface area contributed by atoms with Crippen LogP contribution >= 0.6 is 0 Å². The van der Waals surface area contributed by atoms with Crippen molar-refractivity contribution in [2.75, 3.05) is 0 Å². The lowest BCUT2D eigenvalue weighted by Crippen LogP contribution is -2.35. The Morgan fingerprint density at radius 3 is 2.87 bits per heavy atom. The van der Waals surface area contributed by atoms with Crippen LogP contribution in [-0.2, 0) is 0 Å². The quantitative estimate of drug-likeness (QED) is 0.696. The fourth-order valence-corrected chi connectivity index (χ4v) is 1.94. The molecule has 2 heterocycles. The van der Waals surface area contributed by atoms with Crippen molar-refractivity contribution in [3.8, 4) is 0 Å². The van der Waals surface area contributed by atoms with Gasteiger partial charge >= 0.3 is 5.69 Å². The summed E-state index contributed by atoms with van der Waals surface area (Å²) < 4.78 is 1.58. The highest BCUT2D eigenvalue weighted by Gasteiger charge is 2.23. The summed E-state index contributed by atoms with van der Waals surface area (Å²) in [6.45, 7) is 0. The van der Waals surface area contributed by atoms with Gasteiger partial charge in [0.1, 0.15) is 5.52 Å². The monoisotopic (exact) mass is 206 g/mol. The number of nitrogens with zero attached hydrogens (tertiary/aromatic N) is 2. The molecule has 0 atom stereocenters. The fourth-order valence-electron chi connectivity index (χ4n) is 1.94. The molecule has 1 aliphatic rings. The minimum Gasteiger partial charge on any atom is -0.339 e. The summed E-state index contributed by atoms with van der Waals surface area (Å²) in [5.74, 6) is 0. The van der Waals surface area contributed by atoms with E-state index in [1.54, 1.807) is 4.57 Å². The molecule has 0 aliphatic heterocycles. The number of aromatic nitrogens is 4. The van der Waals surface area contributed by atoms with E-state index in [4.69, 9.17) is 0 Å². The lowest BCUT2D eigenvalue weighted by Gasteiger charge is -2.27. The van der Waals surface area contributed by atoms with Crippen LogP contribution in [0.4, 0.5) is 0 Å². The van der Waals surface area contributed by atoms with Crippen molar-refractivity contribution in [3.05, 3.63) is 27.2 Å². The van der Waals surface area contributed by atoms with Gasteiger partial charge in [-0.3, -0.25) is 14.3 Å². The second kappa shape index (κ2) is 2.82. The Morgan fingerprint density at radius 2 is 2.20 bits per heavy atom. The molecular weight excluding hydrogens is 196 g/mol. The summed E-state index contributed by atoms with van der Waals surface area (Å²) in [5, 5.41) is 0. The van der Waals surface area contributed by atoms with Gasteiger partial charge in [0, 0.05) is 6.04 Å². The average Bonchev–Trinajstić information content (AvgIpc) is 2.57. The van der Waals surface area contributed by atoms with Crippen LogP contribution in [0.1, 0.15) is 25.3 Å². The SMILES string of the molecule is O=c1[nH]c(=O)n(C2CCC2)c2nc[nH]c12. The molecule has 2 N–H and O–H groups in total. The molecular formula is C9H10N4O2.